The van der Waals surface area contributed by atoms with Crippen LogP contribution in [0.3, 0.4) is 0 Å². The third-order valence-electron chi connectivity index (χ3n) is 3.21. The van der Waals surface area contributed by atoms with Gasteiger partial charge in [0, 0.05) is 25.0 Å². The Bertz CT molecular complexity index is 278. The molecule has 0 bridgehead atoms. The van der Waals surface area contributed by atoms with E-state index in [2.05, 4.69) is 17.6 Å². The highest BCUT2D eigenvalue weighted by Crippen LogP contribution is 2.07. The Labute approximate surface area is 97.6 Å². The van der Waals surface area contributed by atoms with E-state index in [-0.39, 0.29) is 0 Å². The molecule has 0 radical (unpaired) electrons. The van der Waals surface area contributed by atoms with Gasteiger partial charge in [-0.05, 0) is 38.4 Å². The van der Waals surface area contributed by atoms with Crippen LogP contribution in [0, 0.1) is 0 Å². The predicted molar refractivity (Wildman–Crippen MR) is 65.5 cm³/mol. The lowest BCUT2D eigenvalue weighted by Gasteiger charge is -2.25. The molecule has 2 rings (SSSR count). The first kappa shape index (κ1) is 11.7. The van der Waals surface area contributed by atoms with Crippen LogP contribution in [0.5, 0.6) is 0 Å². The van der Waals surface area contributed by atoms with Crippen LogP contribution >= 0.6 is 0 Å². The first-order valence-corrected chi connectivity index (χ1v) is 6.34. The molecule has 0 amide bonds. The molecular weight excluding hydrogens is 200 g/mol. The number of nitrogens with one attached hydrogen (secondary N) is 2. The van der Waals surface area contributed by atoms with Crippen LogP contribution in [0.2, 0.25) is 0 Å². The molecule has 90 valence electrons. The summed E-state index contributed by atoms with van der Waals surface area (Å²) in [4.78, 5) is 0. The standard InChI is InChI=1S/C13H22N2O/c1-11(9-13-6-4-8-16-13)15-10-12-5-2-3-7-14-12/h4,6,8,11-12,14-15H,2-3,5,7,9-10H2,1H3. The summed E-state index contributed by atoms with van der Waals surface area (Å²) in [6.07, 6.45) is 6.72. The maximum atomic E-state index is 5.34. The Morgan fingerprint density at radius 3 is 3.19 bits per heavy atom. The summed E-state index contributed by atoms with van der Waals surface area (Å²) in [6, 6.07) is 5.13. The van der Waals surface area contributed by atoms with E-state index in [4.69, 9.17) is 4.42 Å². The molecule has 1 fully saturated rings. The predicted octanol–water partition coefficient (Wildman–Crippen LogP) is 1.94. The van der Waals surface area contributed by atoms with Crippen molar-refractivity contribution in [3.63, 3.8) is 0 Å². The van der Waals surface area contributed by atoms with E-state index in [1.807, 2.05) is 12.1 Å². The minimum atomic E-state index is 0.481. The lowest BCUT2D eigenvalue weighted by molar-refractivity contribution is 0.363. The van der Waals surface area contributed by atoms with Gasteiger partial charge >= 0.3 is 0 Å². The third kappa shape index (κ3) is 3.65. The Kier molecular flexibility index (Phi) is 4.43. The van der Waals surface area contributed by atoms with Gasteiger partial charge in [0.2, 0.25) is 0 Å². The Balaban J connectivity index is 1.65. The molecule has 2 atom stereocenters. The average Bonchev–Trinajstić information content (AvgIpc) is 2.81. The van der Waals surface area contributed by atoms with E-state index in [0.717, 1.165) is 18.7 Å². The van der Waals surface area contributed by atoms with Crippen LogP contribution in [0.25, 0.3) is 0 Å². The molecule has 3 heteroatoms. The first-order valence-electron chi connectivity index (χ1n) is 6.34. The van der Waals surface area contributed by atoms with Crippen molar-refractivity contribution in [1.29, 1.82) is 0 Å². The number of rotatable bonds is 5. The number of hydrogen-bond acceptors (Lipinski definition) is 3. The van der Waals surface area contributed by atoms with E-state index >= 15 is 0 Å². The molecule has 16 heavy (non-hydrogen) atoms. The summed E-state index contributed by atoms with van der Waals surface area (Å²) in [6.45, 7) is 4.46. The molecule has 2 heterocycles. The molecule has 2 unspecified atom stereocenters. The molecule has 2 N–H and O–H groups in total. The van der Waals surface area contributed by atoms with Gasteiger partial charge in [-0.15, -0.1) is 0 Å². The molecule has 1 aliphatic rings. The smallest absolute Gasteiger partial charge is 0.105 e. The maximum absolute atomic E-state index is 5.34. The van der Waals surface area contributed by atoms with Gasteiger partial charge in [-0.2, -0.15) is 0 Å². The monoisotopic (exact) mass is 222 g/mol. The molecule has 1 aromatic rings. The van der Waals surface area contributed by atoms with E-state index in [9.17, 15) is 0 Å². The second-order valence-electron chi connectivity index (χ2n) is 4.74. The summed E-state index contributed by atoms with van der Waals surface area (Å²) < 4.78 is 5.34. The van der Waals surface area contributed by atoms with Crippen molar-refractivity contribution in [3.8, 4) is 0 Å². The van der Waals surface area contributed by atoms with Crippen LogP contribution in [0.15, 0.2) is 22.8 Å². The molecule has 1 aromatic heterocycles. The zero-order chi connectivity index (χ0) is 11.2. The molecule has 0 aliphatic carbocycles. The van der Waals surface area contributed by atoms with E-state index < -0.39 is 0 Å². The summed E-state index contributed by atoms with van der Waals surface area (Å²) >= 11 is 0. The number of hydrogen-bond donors (Lipinski definition) is 2. The average molecular weight is 222 g/mol. The second kappa shape index (κ2) is 6.06. The molecule has 1 saturated heterocycles. The number of furan rings is 1. The Morgan fingerprint density at radius 2 is 2.50 bits per heavy atom. The fourth-order valence-corrected chi connectivity index (χ4v) is 2.24. The first-order chi connectivity index (χ1) is 7.84. The molecule has 1 aliphatic heterocycles. The third-order valence-corrected chi connectivity index (χ3v) is 3.21. The quantitative estimate of drug-likeness (QED) is 0.799. The molecule has 3 nitrogen and oxygen atoms in total. The summed E-state index contributed by atoms with van der Waals surface area (Å²) in [5.41, 5.74) is 0. The van der Waals surface area contributed by atoms with Gasteiger partial charge in [-0.1, -0.05) is 6.42 Å². The van der Waals surface area contributed by atoms with Crippen molar-refractivity contribution in [3.05, 3.63) is 24.2 Å². The highest BCUT2D eigenvalue weighted by molar-refractivity contribution is 5.00. The summed E-state index contributed by atoms with van der Waals surface area (Å²) in [5, 5.41) is 7.12. The van der Waals surface area contributed by atoms with Gasteiger partial charge in [-0.25, -0.2) is 0 Å². The molecule has 0 saturated carbocycles. The van der Waals surface area contributed by atoms with Crippen LogP contribution < -0.4 is 10.6 Å². The van der Waals surface area contributed by atoms with E-state index in [1.165, 1.54) is 25.8 Å². The van der Waals surface area contributed by atoms with E-state index in [1.54, 1.807) is 6.26 Å². The lowest BCUT2D eigenvalue weighted by atomic mass is 10.0. The lowest BCUT2D eigenvalue weighted by Crippen LogP contribution is -2.44. The van der Waals surface area contributed by atoms with Gasteiger partial charge in [0.05, 0.1) is 6.26 Å². The normalized spacial score (nSPS) is 23.2. The van der Waals surface area contributed by atoms with E-state index in [0.29, 0.717) is 12.1 Å². The summed E-state index contributed by atoms with van der Waals surface area (Å²) in [5.74, 6) is 1.07. The SMILES string of the molecule is CC(Cc1ccco1)NCC1CCCCN1. The van der Waals surface area contributed by atoms with Crippen LogP contribution in [0.1, 0.15) is 31.9 Å². The summed E-state index contributed by atoms with van der Waals surface area (Å²) in [7, 11) is 0. The maximum Gasteiger partial charge on any atom is 0.105 e. The largest absolute Gasteiger partial charge is 0.469 e. The van der Waals surface area contributed by atoms with Crippen molar-refractivity contribution < 1.29 is 4.42 Å². The minimum absolute atomic E-state index is 0.481. The van der Waals surface area contributed by atoms with Gasteiger partial charge < -0.3 is 15.1 Å². The van der Waals surface area contributed by atoms with Crippen LogP contribution in [0.4, 0.5) is 0 Å². The minimum Gasteiger partial charge on any atom is -0.469 e. The van der Waals surface area contributed by atoms with Crippen molar-refractivity contribution in [2.45, 2.75) is 44.7 Å². The van der Waals surface area contributed by atoms with Crippen LogP contribution in [-0.2, 0) is 6.42 Å². The van der Waals surface area contributed by atoms with Gasteiger partial charge in [-0.3, -0.25) is 0 Å². The van der Waals surface area contributed by atoms with Gasteiger partial charge in [0.25, 0.3) is 0 Å². The second-order valence-corrected chi connectivity index (χ2v) is 4.74. The molecule has 0 spiro atoms. The van der Waals surface area contributed by atoms with Gasteiger partial charge in [0.1, 0.15) is 5.76 Å². The molecular formula is C13H22N2O. The Hall–Kier alpha value is -0.800. The topological polar surface area (TPSA) is 37.2 Å². The van der Waals surface area contributed by atoms with Crippen molar-refractivity contribution in [2.24, 2.45) is 0 Å². The highest BCUT2D eigenvalue weighted by atomic mass is 16.3. The zero-order valence-electron chi connectivity index (χ0n) is 10.0. The van der Waals surface area contributed by atoms with Crippen molar-refractivity contribution >= 4 is 0 Å². The zero-order valence-corrected chi connectivity index (χ0v) is 10.0. The van der Waals surface area contributed by atoms with Crippen molar-refractivity contribution in [2.75, 3.05) is 13.1 Å². The fraction of sp³-hybridized carbons (Fsp3) is 0.692. The molecule has 0 aromatic carbocycles. The Morgan fingerprint density at radius 1 is 1.56 bits per heavy atom. The number of piperidine rings is 1. The van der Waals surface area contributed by atoms with Crippen molar-refractivity contribution in [1.82, 2.24) is 10.6 Å². The van der Waals surface area contributed by atoms with Gasteiger partial charge in [0.15, 0.2) is 0 Å². The fourth-order valence-electron chi connectivity index (χ4n) is 2.24. The van der Waals surface area contributed by atoms with Crippen LogP contribution in [-0.4, -0.2) is 25.2 Å². The highest BCUT2D eigenvalue weighted by Gasteiger charge is 2.13.